The predicted molar refractivity (Wildman–Crippen MR) is 180 cm³/mol. The highest BCUT2D eigenvalue weighted by Gasteiger charge is 2.26. The minimum Gasteiger partial charge on any atom is -0.385 e. The molecule has 1 aliphatic heterocycles. The number of nitrogens with two attached hydrogens (primary N) is 1. The summed E-state index contributed by atoms with van der Waals surface area (Å²) in [5.41, 5.74) is 17.1. The molecule has 3 heteroatoms. The van der Waals surface area contributed by atoms with Gasteiger partial charge in [0, 0.05) is 10.8 Å². The summed E-state index contributed by atoms with van der Waals surface area (Å²) in [5.74, 6) is 0.625. The van der Waals surface area contributed by atoms with Crippen LogP contribution in [0.1, 0.15) is 44.5 Å². The fourth-order valence-electron chi connectivity index (χ4n) is 6.12. The van der Waals surface area contributed by atoms with Gasteiger partial charge < -0.3 is 5.73 Å². The van der Waals surface area contributed by atoms with E-state index < -0.39 is 0 Å². The molecule has 0 unspecified atom stereocenters. The third-order valence-corrected chi connectivity index (χ3v) is 7.79. The number of allylic oxidation sites excluding steroid dienone is 2. The van der Waals surface area contributed by atoms with E-state index in [1.165, 1.54) is 43.8 Å². The molecule has 6 aromatic rings. The van der Waals surface area contributed by atoms with Crippen molar-refractivity contribution in [2.24, 2.45) is 5.73 Å². The van der Waals surface area contributed by atoms with E-state index in [1.54, 1.807) is 0 Å². The molecule has 2 heterocycles. The molecule has 3 nitrogen and oxygen atoms in total. The van der Waals surface area contributed by atoms with Crippen molar-refractivity contribution in [2.45, 2.75) is 27.7 Å². The van der Waals surface area contributed by atoms with Gasteiger partial charge >= 0.3 is 12.4 Å². The van der Waals surface area contributed by atoms with Crippen LogP contribution in [-0.2, 0) is 0 Å². The van der Waals surface area contributed by atoms with Crippen molar-refractivity contribution in [1.82, 2.24) is 9.24 Å². The van der Waals surface area contributed by atoms with Crippen molar-refractivity contribution in [2.75, 3.05) is 0 Å². The minimum absolute atomic E-state index is 0.625. The van der Waals surface area contributed by atoms with E-state index in [0.717, 1.165) is 33.3 Å². The molecule has 0 fully saturated rings. The van der Waals surface area contributed by atoms with Crippen LogP contribution in [0.5, 0.6) is 0 Å². The van der Waals surface area contributed by atoms with Crippen LogP contribution in [-0.4, -0.2) is 17.0 Å². The zero-order valence-electron chi connectivity index (χ0n) is 24.1. The van der Waals surface area contributed by atoms with Gasteiger partial charge in [0.1, 0.15) is 11.5 Å². The van der Waals surface area contributed by atoms with E-state index in [0.29, 0.717) is 5.82 Å². The molecule has 0 amide bonds. The van der Waals surface area contributed by atoms with Crippen LogP contribution in [0.15, 0.2) is 104 Å². The highest BCUT2D eigenvalue weighted by molar-refractivity contribution is 6.19. The predicted octanol–water partition coefficient (Wildman–Crippen LogP) is 9.04. The lowest BCUT2D eigenvalue weighted by Gasteiger charge is -2.11. The monoisotopic (exact) mass is 532 g/mol. The van der Waals surface area contributed by atoms with E-state index in [9.17, 15) is 0 Å². The van der Waals surface area contributed by atoms with Gasteiger partial charge in [0.15, 0.2) is 0 Å². The van der Waals surface area contributed by atoms with Gasteiger partial charge in [-0.1, -0.05) is 124 Å². The molecule has 0 saturated carbocycles. The molecular formula is C38H34N3+. The Morgan fingerprint density at radius 2 is 1.41 bits per heavy atom. The lowest BCUT2D eigenvalue weighted by Crippen LogP contribution is -2.10. The van der Waals surface area contributed by atoms with Crippen LogP contribution >= 0.6 is 0 Å². The van der Waals surface area contributed by atoms with Gasteiger partial charge in [0.25, 0.3) is 0 Å². The molecule has 1 aromatic heterocycles. The summed E-state index contributed by atoms with van der Waals surface area (Å²) in [5, 5.41) is 6.10. The first-order valence-corrected chi connectivity index (χ1v) is 14.4. The summed E-state index contributed by atoms with van der Waals surface area (Å²) in [6.07, 6.45) is 5.79. The highest BCUT2D eigenvalue weighted by Crippen LogP contribution is 2.47. The van der Waals surface area contributed by atoms with E-state index >= 15 is 0 Å². The number of benzene rings is 5. The van der Waals surface area contributed by atoms with Gasteiger partial charge in [-0.2, -0.15) is 0 Å². The molecule has 0 radical (unpaired) electrons. The Morgan fingerprint density at radius 3 is 2.20 bits per heavy atom. The third kappa shape index (κ3) is 3.94. The van der Waals surface area contributed by atoms with Crippen molar-refractivity contribution in [3.8, 4) is 22.3 Å². The van der Waals surface area contributed by atoms with E-state index in [1.807, 2.05) is 46.2 Å². The highest BCUT2D eigenvalue weighted by atomic mass is 15.1. The first kappa shape index (κ1) is 26.1. The molecule has 0 bridgehead atoms. The fraction of sp³-hybridized carbons (Fsp3) is 0.105. The first-order valence-electron chi connectivity index (χ1n) is 14.4. The van der Waals surface area contributed by atoms with Crippen molar-refractivity contribution >= 4 is 56.3 Å². The van der Waals surface area contributed by atoms with E-state index in [2.05, 4.69) is 107 Å². The quantitative estimate of drug-likeness (QED) is 0.179. The molecule has 41 heavy (non-hydrogen) atoms. The fourth-order valence-corrected chi connectivity index (χ4v) is 6.12. The summed E-state index contributed by atoms with van der Waals surface area (Å²) in [4.78, 5) is 0. The maximum Gasteiger partial charge on any atom is 0.317 e. The number of hydrogen-bond donors (Lipinski definition) is 1. The van der Waals surface area contributed by atoms with Crippen molar-refractivity contribution < 1.29 is 0 Å². The van der Waals surface area contributed by atoms with Gasteiger partial charge in [0.05, 0.1) is 11.1 Å². The van der Waals surface area contributed by atoms with E-state index in [4.69, 9.17) is 5.73 Å². The molecule has 2 aliphatic rings. The van der Waals surface area contributed by atoms with Crippen LogP contribution in [0.2, 0.25) is 0 Å². The second kappa shape index (κ2) is 10.5. The van der Waals surface area contributed by atoms with Crippen LogP contribution in [0, 0.1) is 0 Å². The van der Waals surface area contributed by atoms with Crippen LogP contribution < -0.4 is 10.4 Å². The number of nitrogens with zero attached hydrogens (tertiary/aromatic N) is 2. The summed E-state index contributed by atoms with van der Waals surface area (Å²) < 4.78 is 6.54. The molecule has 0 spiro atoms. The van der Waals surface area contributed by atoms with Crippen LogP contribution in [0.3, 0.4) is 0 Å². The SMILES string of the molecule is C=C(/C=C(\N)n1c2c(c3ccc4ccccc4c31)C=[N+]=C2)c1ccc2c(c1)-c1cccc3cccc-2c13.CC.CC. The standard InChI is InChI=1S/C34H22N3.2C2H6/c1-20(23-13-14-25-26-10-4-7-22-8-5-11-27(33(22)26)29(25)17-23)16-32(35)37-31-19-36-18-30(31)28-15-12-21-6-2-3-9-24(21)34(28)37;2*1-2/h2-19H,1,35H2;2*1-2H3/q+1;;/b32-16+;;. The van der Waals surface area contributed by atoms with Crippen molar-refractivity contribution in [3.05, 3.63) is 120 Å². The minimum atomic E-state index is 0.625. The number of fused-ring (bicyclic) bond motifs is 8. The van der Waals surface area contributed by atoms with Gasteiger partial charge in [-0.15, -0.1) is 0 Å². The number of rotatable bonds is 3. The second-order valence-corrected chi connectivity index (χ2v) is 9.79. The molecule has 200 valence electrons. The molecule has 8 rings (SSSR count). The normalized spacial score (nSPS) is 12.1. The van der Waals surface area contributed by atoms with Crippen molar-refractivity contribution in [1.29, 1.82) is 0 Å². The maximum atomic E-state index is 6.84. The van der Waals surface area contributed by atoms with Gasteiger partial charge in [-0.3, -0.25) is 4.57 Å². The Kier molecular flexibility index (Phi) is 6.67. The smallest absolute Gasteiger partial charge is 0.317 e. The largest absolute Gasteiger partial charge is 0.385 e. The van der Waals surface area contributed by atoms with Gasteiger partial charge in [0.2, 0.25) is 0 Å². The summed E-state index contributed by atoms with van der Waals surface area (Å²) >= 11 is 0. The topological polar surface area (TPSA) is 45.0 Å². The number of hydrogen-bond acceptors (Lipinski definition) is 1. The zero-order chi connectivity index (χ0) is 28.7. The Hall–Kier alpha value is -5.11. The molecule has 1 aliphatic carbocycles. The van der Waals surface area contributed by atoms with Gasteiger partial charge in [-0.05, 0) is 61.7 Å². The van der Waals surface area contributed by atoms with Crippen molar-refractivity contribution in [3.63, 3.8) is 0 Å². The molecule has 5 aromatic carbocycles. The average molecular weight is 533 g/mol. The summed E-state index contributed by atoms with van der Waals surface area (Å²) in [7, 11) is 0. The van der Waals surface area contributed by atoms with Crippen LogP contribution in [0.4, 0.5) is 0 Å². The van der Waals surface area contributed by atoms with Gasteiger partial charge in [-0.25, -0.2) is 0 Å². The lowest BCUT2D eigenvalue weighted by molar-refractivity contribution is 1.12. The van der Waals surface area contributed by atoms with Crippen LogP contribution in [0.25, 0.3) is 66.1 Å². The summed E-state index contributed by atoms with van der Waals surface area (Å²) in [6.45, 7) is 12.4. The Labute approximate surface area is 241 Å². The maximum absolute atomic E-state index is 6.84. The Morgan fingerprint density at radius 1 is 0.707 bits per heavy atom. The lowest BCUT2D eigenvalue weighted by atomic mass is 9.98. The summed E-state index contributed by atoms with van der Waals surface area (Å²) in [6, 6.07) is 32.4. The average Bonchev–Trinajstić information content (AvgIpc) is 3.72. The third-order valence-electron chi connectivity index (χ3n) is 7.79. The molecule has 0 saturated heterocycles. The number of aromatic nitrogens is 1. The molecule has 0 atom stereocenters. The van der Waals surface area contributed by atoms with E-state index in [-0.39, 0.29) is 0 Å². The Bertz CT molecular complexity index is 2090. The first-order chi connectivity index (χ1) is 20.2. The molecule has 2 N–H and O–H groups in total. The zero-order valence-corrected chi connectivity index (χ0v) is 24.1. The Balaban J connectivity index is 0.000000726. The molecular weight excluding hydrogens is 498 g/mol. The second-order valence-electron chi connectivity index (χ2n) is 9.79.